The molecule has 2 rings (SSSR count). The fourth-order valence-corrected chi connectivity index (χ4v) is 3.35. The van der Waals surface area contributed by atoms with Crippen LogP contribution in [-0.4, -0.2) is 50.1 Å². The molecule has 27 heavy (non-hydrogen) atoms. The Morgan fingerprint density at radius 2 is 1.89 bits per heavy atom. The van der Waals surface area contributed by atoms with Gasteiger partial charge in [-0.25, -0.2) is 12.7 Å². The maximum Gasteiger partial charge on any atom is 0.221 e. The number of ether oxygens (including phenoxy) is 1. The lowest BCUT2D eigenvalue weighted by atomic mass is 10.1. The van der Waals surface area contributed by atoms with Crippen molar-refractivity contribution in [2.75, 3.05) is 26.5 Å². The lowest BCUT2D eigenvalue weighted by molar-refractivity contribution is -0.121. The van der Waals surface area contributed by atoms with E-state index in [1.54, 1.807) is 25.6 Å². The Kier molecular flexibility index (Phi) is 7.75. The number of sulfonamides is 1. The molecule has 0 saturated carbocycles. The van der Waals surface area contributed by atoms with E-state index in [1.807, 2.05) is 30.3 Å². The lowest BCUT2D eigenvalue weighted by Crippen LogP contribution is -2.35. The average Bonchev–Trinajstić information content (AvgIpc) is 2.66. The quantitative estimate of drug-likeness (QED) is 0.665. The highest BCUT2D eigenvalue weighted by atomic mass is 32.2. The molecule has 0 aliphatic rings. The molecule has 0 atom stereocenters. The van der Waals surface area contributed by atoms with Crippen LogP contribution >= 0.6 is 0 Å². The highest BCUT2D eigenvalue weighted by Crippen LogP contribution is 2.12. The van der Waals surface area contributed by atoms with E-state index < -0.39 is 10.0 Å². The first-order valence-corrected chi connectivity index (χ1v) is 10.5. The summed E-state index contributed by atoms with van der Waals surface area (Å²) in [5.41, 5.74) is 1.90. The number of nitrogens with zero attached hydrogens (tertiary/aromatic N) is 2. The largest absolute Gasteiger partial charge is 0.497 e. The van der Waals surface area contributed by atoms with Crippen molar-refractivity contribution in [2.45, 2.75) is 19.4 Å². The Morgan fingerprint density at radius 1 is 1.15 bits per heavy atom. The van der Waals surface area contributed by atoms with Gasteiger partial charge in [0.25, 0.3) is 0 Å². The van der Waals surface area contributed by atoms with Crippen molar-refractivity contribution in [3.05, 3.63) is 59.9 Å². The van der Waals surface area contributed by atoms with Crippen molar-refractivity contribution in [3.63, 3.8) is 0 Å². The number of methoxy groups -OCH3 is 1. The van der Waals surface area contributed by atoms with E-state index in [4.69, 9.17) is 4.74 Å². The fraction of sp³-hybridized carbons (Fsp3) is 0.368. The van der Waals surface area contributed by atoms with Gasteiger partial charge in [0.15, 0.2) is 0 Å². The molecule has 1 amide bonds. The standard InChI is InChI=1S/C19H25N3O4S/c1-26-18-7-5-16(6-8-18)9-12-22(27(2,24)25)13-10-19(23)21-15-17-4-3-11-20-14-17/h3-8,11,14H,9-10,12-13,15H2,1-2H3,(H,21,23). The number of amides is 1. The van der Waals surface area contributed by atoms with Crippen molar-refractivity contribution in [1.29, 1.82) is 0 Å². The molecule has 0 unspecified atom stereocenters. The van der Waals surface area contributed by atoms with Gasteiger partial charge in [0, 0.05) is 38.4 Å². The summed E-state index contributed by atoms with van der Waals surface area (Å²) in [4.78, 5) is 16.0. The highest BCUT2D eigenvalue weighted by Gasteiger charge is 2.17. The van der Waals surface area contributed by atoms with Gasteiger partial charge >= 0.3 is 0 Å². The number of aromatic nitrogens is 1. The van der Waals surface area contributed by atoms with Crippen LogP contribution in [0, 0.1) is 0 Å². The van der Waals surface area contributed by atoms with Gasteiger partial charge in [-0.2, -0.15) is 0 Å². The lowest BCUT2D eigenvalue weighted by Gasteiger charge is -2.19. The summed E-state index contributed by atoms with van der Waals surface area (Å²) in [5.74, 6) is 0.556. The second-order valence-electron chi connectivity index (χ2n) is 6.15. The summed E-state index contributed by atoms with van der Waals surface area (Å²) in [6.45, 7) is 0.840. The molecule has 2 aromatic rings. The summed E-state index contributed by atoms with van der Waals surface area (Å²) in [6, 6.07) is 11.1. The first-order valence-electron chi connectivity index (χ1n) is 8.62. The van der Waals surface area contributed by atoms with E-state index in [-0.39, 0.29) is 18.9 Å². The zero-order valence-electron chi connectivity index (χ0n) is 15.6. The Labute approximate surface area is 160 Å². The molecule has 0 aliphatic heterocycles. The molecule has 0 fully saturated rings. The van der Waals surface area contributed by atoms with E-state index in [2.05, 4.69) is 10.3 Å². The van der Waals surface area contributed by atoms with Crippen LogP contribution in [0.1, 0.15) is 17.5 Å². The topological polar surface area (TPSA) is 88.6 Å². The predicted molar refractivity (Wildman–Crippen MR) is 104 cm³/mol. The highest BCUT2D eigenvalue weighted by molar-refractivity contribution is 7.88. The second kappa shape index (κ2) is 10.0. The monoisotopic (exact) mass is 391 g/mol. The third kappa shape index (κ3) is 7.36. The summed E-state index contributed by atoms with van der Waals surface area (Å²) >= 11 is 0. The third-order valence-electron chi connectivity index (χ3n) is 4.08. The van der Waals surface area contributed by atoms with Crippen molar-refractivity contribution >= 4 is 15.9 Å². The molecule has 1 heterocycles. The van der Waals surface area contributed by atoms with Crippen LogP contribution in [0.5, 0.6) is 5.75 Å². The Morgan fingerprint density at radius 3 is 2.48 bits per heavy atom. The molecule has 8 heteroatoms. The molecule has 7 nitrogen and oxygen atoms in total. The number of rotatable bonds is 10. The normalized spacial score (nSPS) is 11.4. The first kappa shape index (κ1) is 20.9. The third-order valence-corrected chi connectivity index (χ3v) is 5.38. The van der Waals surface area contributed by atoms with E-state index in [0.717, 1.165) is 23.1 Å². The number of hydrogen-bond acceptors (Lipinski definition) is 5. The number of carbonyl (C=O) groups excluding carboxylic acids is 1. The van der Waals surface area contributed by atoms with Crippen LogP contribution in [0.25, 0.3) is 0 Å². The molecule has 0 bridgehead atoms. The second-order valence-corrected chi connectivity index (χ2v) is 8.13. The molecule has 146 valence electrons. The zero-order chi connectivity index (χ0) is 19.7. The minimum atomic E-state index is -3.39. The summed E-state index contributed by atoms with van der Waals surface area (Å²) in [6.07, 6.45) is 5.18. The Balaban J connectivity index is 1.83. The van der Waals surface area contributed by atoms with Gasteiger partial charge in [0.2, 0.25) is 15.9 Å². The molecule has 0 aliphatic carbocycles. The smallest absolute Gasteiger partial charge is 0.221 e. The van der Waals surface area contributed by atoms with Crippen LogP contribution < -0.4 is 10.1 Å². The summed E-state index contributed by atoms with van der Waals surface area (Å²) in [5, 5.41) is 2.78. The van der Waals surface area contributed by atoms with Gasteiger partial charge in [-0.05, 0) is 35.7 Å². The van der Waals surface area contributed by atoms with Gasteiger partial charge in [-0.15, -0.1) is 0 Å². The van der Waals surface area contributed by atoms with Gasteiger partial charge in [-0.1, -0.05) is 18.2 Å². The SMILES string of the molecule is COc1ccc(CCN(CCC(=O)NCc2cccnc2)S(C)(=O)=O)cc1. The van der Waals surface area contributed by atoms with E-state index in [0.29, 0.717) is 19.5 Å². The predicted octanol–water partition coefficient (Wildman–Crippen LogP) is 1.60. The number of carbonyl (C=O) groups is 1. The number of nitrogens with one attached hydrogen (secondary N) is 1. The Bertz CT molecular complexity index is 824. The maximum absolute atomic E-state index is 12.0. The van der Waals surface area contributed by atoms with Crippen LogP contribution in [0.4, 0.5) is 0 Å². The first-order chi connectivity index (χ1) is 12.9. The van der Waals surface area contributed by atoms with Crippen LogP contribution in [0.15, 0.2) is 48.8 Å². The van der Waals surface area contributed by atoms with Crippen molar-refractivity contribution in [2.24, 2.45) is 0 Å². The number of pyridine rings is 1. The number of hydrogen-bond donors (Lipinski definition) is 1. The van der Waals surface area contributed by atoms with Gasteiger partial charge < -0.3 is 10.1 Å². The molecular formula is C19H25N3O4S. The minimum Gasteiger partial charge on any atom is -0.497 e. The fourth-order valence-electron chi connectivity index (χ4n) is 2.51. The molecule has 1 N–H and O–H groups in total. The number of benzene rings is 1. The summed E-state index contributed by atoms with van der Waals surface area (Å²) in [7, 11) is -1.80. The van der Waals surface area contributed by atoms with E-state index in [1.165, 1.54) is 4.31 Å². The van der Waals surface area contributed by atoms with Gasteiger partial charge in [0.05, 0.1) is 13.4 Å². The molecule has 1 aromatic heterocycles. The zero-order valence-corrected chi connectivity index (χ0v) is 16.4. The average molecular weight is 391 g/mol. The van der Waals surface area contributed by atoms with E-state index in [9.17, 15) is 13.2 Å². The van der Waals surface area contributed by atoms with Crippen LogP contribution in [0.3, 0.4) is 0 Å². The summed E-state index contributed by atoms with van der Waals surface area (Å²) < 4.78 is 30.5. The molecule has 0 saturated heterocycles. The van der Waals surface area contributed by atoms with Crippen molar-refractivity contribution in [1.82, 2.24) is 14.6 Å². The van der Waals surface area contributed by atoms with E-state index >= 15 is 0 Å². The van der Waals surface area contributed by atoms with Crippen LogP contribution in [0.2, 0.25) is 0 Å². The molecular weight excluding hydrogens is 366 g/mol. The maximum atomic E-state index is 12.0. The molecule has 0 radical (unpaired) electrons. The van der Waals surface area contributed by atoms with Crippen molar-refractivity contribution in [3.8, 4) is 5.75 Å². The van der Waals surface area contributed by atoms with Crippen molar-refractivity contribution < 1.29 is 17.9 Å². The Hall–Kier alpha value is -2.45. The van der Waals surface area contributed by atoms with Crippen LogP contribution in [-0.2, 0) is 27.8 Å². The minimum absolute atomic E-state index is 0.107. The van der Waals surface area contributed by atoms with Gasteiger partial charge in [-0.3, -0.25) is 9.78 Å². The molecule has 0 spiro atoms. The molecule has 1 aromatic carbocycles. The van der Waals surface area contributed by atoms with Gasteiger partial charge in [0.1, 0.15) is 5.75 Å².